The molecule has 0 aliphatic rings. The van der Waals surface area contributed by atoms with E-state index in [1.54, 1.807) is 18.2 Å². The standard InChI is InChI=1S/C18H17Cl2N3O5S/c1-23(29(24,25)16-9-12(19)5-6-13(16)20)10-17-21-18(22-28-17)11-4-7-14(26-2)15(8-11)27-3/h4-9H,10H2,1-3H3. The van der Waals surface area contributed by atoms with Gasteiger partial charge in [-0.1, -0.05) is 28.4 Å². The van der Waals surface area contributed by atoms with Crippen LogP contribution in [0.3, 0.4) is 0 Å². The van der Waals surface area contributed by atoms with E-state index in [0.29, 0.717) is 17.1 Å². The lowest BCUT2D eigenvalue weighted by atomic mass is 10.2. The summed E-state index contributed by atoms with van der Waals surface area (Å²) in [4.78, 5) is 4.16. The van der Waals surface area contributed by atoms with Crippen LogP contribution in [0, 0.1) is 0 Å². The van der Waals surface area contributed by atoms with Gasteiger partial charge in [-0.3, -0.25) is 0 Å². The highest BCUT2D eigenvalue weighted by atomic mass is 35.5. The van der Waals surface area contributed by atoms with E-state index in [2.05, 4.69) is 10.1 Å². The average Bonchev–Trinajstić information content (AvgIpc) is 3.17. The second-order valence-corrected chi connectivity index (χ2v) is 8.77. The number of rotatable bonds is 7. The molecule has 0 saturated carbocycles. The Bertz CT molecular complexity index is 1130. The van der Waals surface area contributed by atoms with Crippen molar-refractivity contribution >= 4 is 33.2 Å². The Hall–Kier alpha value is -2.33. The molecule has 0 fully saturated rings. The zero-order valence-electron chi connectivity index (χ0n) is 15.7. The SMILES string of the molecule is COc1ccc(-c2noc(CN(C)S(=O)(=O)c3cc(Cl)ccc3Cl)n2)cc1OC. The number of nitrogens with zero attached hydrogens (tertiary/aromatic N) is 3. The normalized spacial score (nSPS) is 11.7. The zero-order valence-corrected chi connectivity index (χ0v) is 18.0. The highest BCUT2D eigenvalue weighted by Gasteiger charge is 2.26. The number of methoxy groups -OCH3 is 2. The summed E-state index contributed by atoms with van der Waals surface area (Å²) in [5.41, 5.74) is 0.626. The van der Waals surface area contributed by atoms with Crippen LogP contribution in [0.5, 0.6) is 11.5 Å². The van der Waals surface area contributed by atoms with Gasteiger partial charge >= 0.3 is 0 Å². The summed E-state index contributed by atoms with van der Waals surface area (Å²) in [7, 11) is 0.521. The number of aromatic nitrogens is 2. The minimum absolute atomic E-state index is 0.0674. The average molecular weight is 458 g/mol. The Balaban J connectivity index is 1.83. The molecule has 154 valence electrons. The van der Waals surface area contributed by atoms with Crippen LogP contribution in [0.1, 0.15) is 5.89 Å². The van der Waals surface area contributed by atoms with Gasteiger partial charge in [-0.2, -0.15) is 9.29 Å². The van der Waals surface area contributed by atoms with Crippen molar-refractivity contribution < 1.29 is 22.4 Å². The third-order valence-electron chi connectivity index (χ3n) is 4.05. The van der Waals surface area contributed by atoms with Crippen LogP contribution in [0.4, 0.5) is 0 Å². The second kappa shape index (κ2) is 8.58. The predicted octanol–water partition coefficient (Wildman–Crippen LogP) is 3.88. The molecule has 0 N–H and O–H groups in total. The molecule has 3 aromatic rings. The van der Waals surface area contributed by atoms with E-state index in [-0.39, 0.29) is 33.2 Å². The zero-order chi connectivity index (χ0) is 21.2. The predicted molar refractivity (Wildman–Crippen MR) is 108 cm³/mol. The molecular weight excluding hydrogens is 441 g/mol. The van der Waals surface area contributed by atoms with Gasteiger partial charge in [-0.05, 0) is 36.4 Å². The molecule has 0 spiro atoms. The Morgan fingerprint density at radius 1 is 1.07 bits per heavy atom. The monoisotopic (exact) mass is 457 g/mol. The maximum absolute atomic E-state index is 12.8. The number of ether oxygens (including phenoxy) is 2. The minimum Gasteiger partial charge on any atom is -0.493 e. The molecule has 3 rings (SSSR count). The molecule has 0 unspecified atom stereocenters. The molecule has 1 aromatic heterocycles. The third-order valence-corrected chi connectivity index (χ3v) is 6.57. The summed E-state index contributed by atoms with van der Waals surface area (Å²) in [6, 6.07) is 9.37. The molecule has 0 bridgehead atoms. The minimum atomic E-state index is -3.91. The van der Waals surface area contributed by atoms with Gasteiger partial charge in [-0.25, -0.2) is 8.42 Å². The molecule has 0 radical (unpaired) electrons. The van der Waals surface area contributed by atoms with Crippen molar-refractivity contribution in [1.82, 2.24) is 14.4 Å². The van der Waals surface area contributed by atoms with E-state index < -0.39 is 10.0 Å². The number of sulfonamides is 1. The van der Waals surface area contributed by atoms with E-state index in [9.17, 15) is 8.42 Å². The van der Waals surface area contributed by atoms with E-state index in [1.165, 1.54) is 39.5 Å². The molecule has 0 atom stereocenters. The quantitative estimate of drug-likeness (QED) is 0.530. The molecule has 8 nitrogen and oxygen atoms in total. The van der Waals surface area contributed by atoms with E-state index >= 15 is 0 Å². The van der Waals surface area contributed by atoms with Crippen LogP contribution < -0.4 is 9.47 Å². The summed E-state index contributed by atoms with van der Waals surface area (Å²) in [5, 5.41) is 4.23. The van der Waals surface area contributed by atoms with Crippen molar-refractivity contribution in [2.75, 3.05) is 21.3 Å². The molecule has 0 saturated heterocycles. The fourth-order valence-corrected chi connectivity index (χ4v) is 4.38. The molecule has 0 amide bonds. The van der Waals surface area contributed by atoms with Crippen LogP contribution in [-0.4, -0.2) is 44.1 Å². The van der Waals surface area contributed by atoms with Gasteiger partial charge in [0.25, 0.3) is 0 Å². The first-order chi connectivity index (χ1) is 13.8. The number of benzene rings is 2. The number of hydrogen-bond donors (Lipinski definition) is 0. The molecule has 11 heteroatoms. The van der Waals surface area contributed by atoms with E-state index in [1.807, 2.05) is 0 Å². The van der Waals surface area contributed by atoms with Crippen molar-refractivity contribution in [2.24, 2.45) is 0 Å². The maximum Gasteiger partial charge on any atom is 0.244 e. The Morgan fingerprint density at radius 3 is 2.48 bits per heavy atom. The van der Waals surface area contributed by atoms with Gasteiger partial charge in [0.05, 0.1) is 25.8 Å². The molecule has 0 aliphatic carbocycles. The molecular formula is C18H17Cl2N3O5S. The molecule has 29 heavy (non-hydrogen) atoms. The van der Waals surface area contributed by atoms with Gasteiger partial charge < -0.3 is 14.0 Å². The number of halogens is 2. The largest absolute Gasteiger partial charge is 0.493 e. The van der Waals surface area contributed by atoms with Crippen molar-refractivity contribution in [1.29, 1.82) is 0 Å². The third kappa shape index (κ3) is 4.48. The van der Waals surface area contributed by atoms with E-state index in [0.717, 1.165) is 4.31 Å². The molecule has 2 aromatic carbocycles. The van der Waals surface area contributed by atoms with Gasteiger partial charge in [0.1, 0.15) is 4.90 Å². The van der Waals surface area contributed by atoms with Crippen molar-refractivity contribution in [3.63, 3.8) is 0 Å². The first kappa shape index (κ1) is 21.4. The Morgan fingerprint density at radius 2 is 1.79 bits per heavy atom. The van der Waals surface area contributed by atoms with Crippen LogP contribution >= 0.6 is 23.2 Å². The Kier molecular flexibility index (Phi) is 6.33. The summed E-state index contributed by atoms with van der Waals surface area (Å²) < 4.78 is 42.3. The molecule has 0 aliphatic heterocycles. The fraction of sp³-hybridized carbons (Fsp3) is 0.222. The summed E-state index contributed by atoms with van der Waals surface area (Å²) in [6.07, 6.45) is 0. The summed E-state index contributed by atoms with van der Waals surface area (Å²) in [6.45, 7) is -0.147. The van der Waals surface area contributed by atoms with Crippen molar-refractivity contribution in [3.05, 3.63) is 52.3 Å². The summed E-state index contributed by atoms with van der Waals surface area (Å²) >= 11 is 11.9. The van der Waals surface area contributed by atoms with Crippen molar-refractivity contribution in [3.8, 4) is 22.9 Å². The van der Waals surface area contributed by atoms with Crippen LogP contribution in [0.2, 0.25) is 10.0 Å². The van der Waals surface area contributed by atoms with Gasteiger partial charge in [0, 0.05) is 17.6 Å². The molecule has 1 heterocycles. The summed E-state index contributed by atoms with van der Waals surface area (Å²) in [5.74, 6) is 1.46. The fourth-order valence-electron chi connectivity index (χ4n) is 2.53. The lowest BCUT2D eigenvalue weighted by Gasteiger charge is -2.16. The Labute approximate surface area is 178 Å². The van der Waals surface area contributed by atoms with Crippen LogP contribution in [0.25, 0.3) is 11.4 Å². The topological polar surface area (TPSA) is 94.8 Å². The smallest absolute Gasteiger partial charge is 0.244 e. The maximum atomic E-state index is 12.8. The first-order valence-corrected chi connectivity index (χ1v) is 10.4. The van der Waals surface area contributed by atoms with Crippen LogP contribution in [0.15, 0.2) is 45.8 Å². The van der Waals surface area contributed by atoms with Crippen LogP contribution in [-0.2, 0) is 16.6 Å². The van der Waals surface area contributed by atoms with Gasteiger partial charge in [0.2, 0.25) is 21.7 Å². The lowest BCUT2D eigenvalue weighted by molar-refractivity contribution is 0.336. The van der Waals surface area contributed by atoms with Gasteiger partial charge in [0.15, 0.2) is 11.5 Å². The lowest BCUT2D eigenvalue weighted by Crippen LogP contribution is -2.27. The van der Waals surface area contributed by atoms with Crippen molar-refractivity contribution in [2.45, 2.75) is 11.4 Å². The van der Waals surface area contributed by atoms with E-state index in [4.69, 9.17) is 37.2 Å². The highest BCUT2D eigenvalue weighted by Crippen LogP contribution is 2.31. The second-order valence-electron chi connectivity index (χ2n) is 5.92. The van der Waals surface area contributed by atoms with Gasteiger partial charge in [-0.15, -0.1) is 0 Å². The highest BCUT2D eigenvalue weighted by molar-refractivity contribution is 7.89. The first-order valence-electron chi connectivity index (χ1n) is 8.22. The number of hydrogen-bond acceptors (Lipinski definition) is 7.